The van der Waals surface area contributed by atoms with Gasteiger partial charge in [0, 0.05) is 0 Å². The minimum atomic E-state index is -1.51. The Bertz CT molecular complexity index is 425. The number of hydrogen-bond donors (Lipinski definition) is 4. The Morgan fingerprint density at radius 3 is 1.56 bits per heavy atom. The summed E-state index contributed by atoms with van der Waals surface area (Å²) in [5.74, 6) is -4.11. The molecular weight excluding hydrogens is 248 g/mol. The van der Waals surface area contributed by atoms with Gasteiger partial charge in [0.15, 0.2) is 0 Å². The Hall–Kier alpha value is -3.54. The van der Waals surface area contributed by atoms with Gasteiger partial charge >= 0.3 is 11.9 Å². The number of hydrogen-bond acceptors (Lipinski definition) is 8. The highest BCUT2D eigenvalue weighted by atomic mass is 16.7. The van der Waals surface area contributed by atoms with Crippen LogP contribution in [-0.2, 0) is 19.3 Å². The molecule has 6 N–H and O–H groups in total. The van der Waals surface area contributed by atoms with Crippen LogP contribution in [0.5, 0.6) is 0 Å². The molecule has 0 fully saturated rings. The number of rotatable bonds is 0. The molecule has 0 saturated carbocycles. The second kappa shape index (κ2) is 7.71. The molecule has 94 valence electrons. The lowest BCUT2D eigenvalue weighted by atomic mass is 10.7. The average molecular weight is 254 g/mol. The van der Waals surface area contributed by atoms with Crippen molar-refractivity contribution in [2.45, 2.75) is 0 Å². The van der Waals surface area contributed by atoms with Gasteiger partial charge in [-0.05, 0) is 0 Å². The van der Waals surface area contributed by atoms with Gasteiger partial charge in [0.05, 0.1) is 0 Å². The first-order chi connectivity index (χ1) is 8.51. The number of nitrogens with zero attached hydrogens (tertiary/aromatic N) is 4. The molecule has 0 aromatic carbocycles. The van der Waals surface area contributed by atoms with Gasteiger partial charge in [-0.1, -0.05) is 0 Å². The van der Waals surface area contributed by atoms with Crippen LogP contribution in [0.3, 0.4) is 0 Å². The monoisotopic (exact) mass is 254 g/mol. The Morgan fingerprint density at radius 1 is 0.944 bits per heavy atom. The van der Waals surface area contributed by atoms with E-state index in [1.807, 2.05) is 0 Å². The van der Waals surface area contributed by atoms with Crippen molar-refractivity contribution in [2.75, 3.05) is 0 Å². The summed E-state index contributed by atoms with van der Waals surface area (Å²) in [6.07, 6.45) is 2.58. The molecule has 0 aromatic rings. The van der Waals surface area contributed by atoms with Gasteiger partial charge in [-0.2, -0.15) is 21.5 Å². The molecule has 12 heteroatoms. The third-order valence-corrected chi connectivity index (χ3v) is 1.00. The number of carbonyl (C=O) groups excluding carboxylic acids is 2. The fourth-order valence-corrected chi connectivity index (χ4v) is 0.434. The minimum absolute atomic E-state index is 0.544. The van der Waals surface area contributed by atoms with Crippen LogP contribution in [0.2, 0.25) is 0 Å². The highest BCUT2D eigenvalue weighted by Gasteiger charge is 2.19. The van der Waals surface area contributed by atoms with E-state index in [0.29, 0.717) is 0 Å². The fraction of sp³-hybridized carbons (Fsp3) is 0. The number of nitrogens with one attached hydrogen (secondary N) is 2. The van der Waals surface area contributed by atoms with Crippen LogP contribution >= 0.6 is 0 Å². The molecule has 0 aromatic heterocycles. The molecule has 0 aliphatic carbocycles. The van der Waals surface area contributed by atoms with Crippen LogP contribution in [0.4, 0.5) is 0 Å². The summed E-state index contributed by atoms with van der Waals surface area (Å²) >= 11 is 0. The molecule has 0 aliphatic heterocycles. The molecule has 0 amide bonds. The van der Waals surface area contributed by atoms with Crippen LogP contribution in [0.1, 0.15) is 0 Å². The molecule has 0 heterocycles. The number of nitriles is 2. The zero-order valence-corrected chi connectivity index (χ0v) is 8.58. The highest BCUT2D eigenvalue weighted by Crippen LogP contribution is 1.79. The molecular formula is C6H6N8O4. The summed E-state index contributed by atoms with van der Waals surface area (Å²) in [7, 11) is 0. The minimum Gasteiger partial charge on any atom is -0.367 e. The lowest BCUT2D eigenvalue weighted by Gasteiger charge is -2.05. The van der Waals surface area contributed by atoms with E-state index in [9.17, 15) is 9.59 Å². The van der Waals surface area contributed by atoms with Gasteiger partial charge in [0.1, 0.15) is 0 Å². The third kappa shape index (κ3) is 6.04. The molecule has 0 rings (SSSR count). The molecule has 0 unspecified atom stereocenters. The number of hydroxylamine groups is 2. The van der Waals surface area contributed by atoms with E-state index < -0.39 is 23.9 Å². The van der Waals surface area contributed by atoms with Crippen molar-refractivity contribution >= 4 is 23.9 Å². The average Bonchev–Trinajstić information content (AvgIpc) is 2.33. The zero-order valence-electron chi connectivity index (χ0n) is 8.58. The van der Waals surface area contributed by atoms with Crippen molar-refractivity contribution in [3.8, 4) is 12.4 Å². The van der Waals surface area contributed by atoms with Gasteiger partial charge < -0.3 is 21.1 Å². The first-order valence-corrected chi connectivity index (χ1v) is 3.89. The van der Waals surface area contributed by atoms with E-state index >= 15 is 0 Å². The van der Waals surface area contributed by atoms with Gasteiger partial charge in [0.25, 0.3) is 0 Å². The van der Waals surface area contributed by atoms with E-state index in [1.54, 1.807) is 11.0 Å². The van der Waals surface area contributed by atoms with E-state index in [2.05, 4.69) is 19.7 Å². The summed E-state index contributed by atoms with van der Waals surface area (Å²) in [4.78, 5) is 35.7. The molecule has 0 aliphatic rings. The van der Waals surface area contributed by atoms with Gasteiger partial charge in [-0.25, -0.2) is 9.59 Å². The van der Waals surface area contributed by atoms with Crippen molar-refractivity contribution in [1.82, 2.24) is 11.0 Å². The van der Waals surface area contributed by atoms with Crippen molar-refractivity contribution in [3.05, 3.63) is 0 Å². The quantitative estimate of drug-likeness (QED) is 0.111. The maximum atomic E-state index is 10.9. The van der Waals surface area contributed by atoms with Crippen LogP contribution in [-0.4, -0.2) is 23.9 Å². The van der Waals surface area contributed by atoms with Crippen molar-refractivity contribution in [2.24, 2.45) is 21.5 Å². The lowest BCUT2D eigenvalue weighted by molar-refractivity contribution is -0.172. The second-order valence-corrected chi connectivity index (χ2v) is 2.18. The van der Waals surface area contributed by atoms with Crippen LogP contribution in [0.15, 0.2) is 9.98 Å². The molecule has 0 radical (unpaired) electrons. The summed E-state index contributed by atoms with van der Waals surface area (Å²) in [5.41, 5.74) is 13.4. The number of carbonyl (C=O) groups is 2. The molecule has 0 atom stereocenters. The first kappa shape index (κ1) is 14.5. The Balaban J connectivity index is 4.11. The number of guanidine groups is 2. The first-order valence-electron chi connectivity index (χ1n) is 3.89. The van der Waals surface area contributed by atoms with Crippen molar-refractivity contribution in [3.63, 3.8) is 0 Å². The van der Waals surface area contributed by atoms with E-state index in [4.69, 9.17) is 22.0 Å². The van der Waals surface area contributed by atoms with Crippen LogP contribution in [0, 0.1) is 22.9 Å². The van der Waals surface area contributed by atoms with Crippen molar-refractivity contribution < 1.29 is 19.3 Å². The van der Waals surface area contributed by atoms with Gasteiger partial charge in [-0.3, -0.25) is 0 Å². The van der Waals surface area contributed by atoms with Crippen molar-refractivity contribution in [1.29, 1.82) is 10.5 Å². The second-order valence-electron chi connectivity index (χ2n) is 2.18. The van der Waals surface area contributed by atoms with Crippen LogP contribution < -0.4 is 22.4 Å². The molecule has 0 spiro atoms. The summed E-state index contributed by atoms with van der Waals surface area (Å²) in [6.45, 7) is 0. The normalized spacial score (nSPS) is 10.6. The summed E-state index contributed by atoms with van der Waals surface area (Å²) < 4.78 is 0. The molecule has 12 nitrogen and oxygen atoms in total. The number of aliphatic imine (C=N–C) groups is 2. The SMILES string of the molecule is N#CN=C(N)NOC(=O)C(=O)ONC(N)=NC#N. The zero-order chi connectivity index (χ0) is 14.0. The Kier molecular flexibility index (Phi) is 6.20. The summed E-state index contributed by atoms with van der Waals surface area (Å²) in [5, 5.41) is 16.1. The van der Waals surface area contributed by atoms with E-state index in [-0.39, 0.29) is 0 Å². The fourth-order valence-electron chi connectivity index (χ4n) is 0.434. The van der Waals surface area contributed by atoms with Crippen LogP contribution in [0.25, 0.3) is 0 Å². The molecule has 0 bridgehead atoms. The standard InChI is InChI=1S/C6H6N8O4/c7-1-11-5(9)13-17-3(15)4(16)18-14-6(10)12-2-8/h(H3,9,11,13)(H3,10,12,14). The Morgan fingerprint density at radius 2 is 1.28 bits per heavy atom. The third-order valence-electron chi connectivity index (χ3n) is 1.00. The number of nitrogens with two attached hydrogens (primary N) is 2. The van der Waals surface area contributed by atoms with Gasteiger partial charge in [-0.15, -0.1) is 9.98 Å². The predicted molar refractivity (Wildman–Crippen MR) is 52.9 cm³/mol. The summed E-state index contributed by atoms with van der Waals surface area (Å²) in [6, 6.07) is 0. The Labute approximate surface area is 99.4 Å². The molecule has 0 saturated heterocycles. The largest absolute Gasteiger partial charge is 0.443 e. The predicted octanol–water partition coefficient (Wildman–Crippen LogP) is -3.33. The van der Waals surface area contributed by atoms with E-state index in [1.165, 1.54) is 12.4 Å². The van der Waals surface area contributed by atoms with Gasteiger partial charge in [0.2, 0.25) is 24.3 Å². The lowest BCUT2D eigenvalue weighted by Crippen LogP contribution is -2.40. The van der Waals surface area contributed by atoms with E-state index in [0.717, 1.165) is 0 Å². The smallest absolute Gasteiger partial charge is 0.367 e. The topological polar surface area (TPSA) is 201 Å². The molecule has 18 heavy (non-hydrogen) atoms. The maximum absolute atomic E-state index is 10.9. The highest BCUT2D eigenvalue weighted by molar-refractivity contribution is 6.29. The maximum Gasteiger partial charge on any atom is 0.443 e.